The highest BCUT2D eigenvalue weighted by Crippen LogP contribution is 2.10. The van der Waals surface area contributed by atoms with Gasteiger partial charge in [0.1, 0.15) is 0 Å². The molecule has 1 heterocycles. The normalized spacial score (nSPS) is 15.1. The summed E-state index contributed by atoms with van der Waals surface area (Å²) >= 11 is 0. The zero-order valence-electron chi connectivity index (χ0n) is 12.1. The van der Waals surface area contributed by atoms with Gasteiger partial charge in [-0.3, -0.25) is 14.5 Å². The Morgan fingerprint density at radius 3 is 2.05 bits per heavy atom. The van der Waals surface area contributed by atoms with Gasteiger partial charge in [-0.25, -0.2) is 0 Å². The average Bonchev–Trinajstić information content (AvgIpc) is 2.67. The number of carbonyl (C=O) groups is 2. The van der Waals surface area contributed by atoms with Crippen LogP contribution in [0.25, 0.3) is 0 Å². The Morgan fingerprint density at radius 1 is 1.00 bits per heavy atom. The summed E-state index contributed by atoms with van der Waals surface area (Å²) in [5.41, 5.74) is 5.87. The van der Waals surface area contributed by atoms with Crippen LogP contribution >= 0.6 is 0 Å². The van der Waals surface area contributed by atoms with Crippen molar-refractivity contribution < 1.29 is 9.59 Å². The van der Waals surface area contributed by atoms with Crippen LogP contribution in [0.4, 0.5) is 0 Å². The molecule has 20 heavy (non-hydrogen) atoms. The second-order valence-electron chi connectivity index (χ2n) is 4.66. The minimum absolute atomic E-state index is 0.180. The molecular formula is C13H25N5O2. The summed E-state index contributed by atoms with van der Waals surface area (Å²) in [4.78, 5) is 24.3. The number of rotatable bonds is 11. The standard InChI is InChI=1S/C13H25N5O2/c1-11-10-12(19)18(13(11)20)9-8-17-7-6-16-5-4-15-3-2-14/h10,15-17H,2-9,14H2,1H3. The van der Waals surface area contributed by atoms with Crippen LogP contribution < -0.4 is 21.7 Å². The Balaban J connectivity index is 1.93. The molecule has 114 valence electrons. The highest BCUT2D eigenvalue weighted by atomic mass is 16.2. The van der Waals surface area contributed by atoms with Crippen LogP contribution in [0.15, 0.2) is 11.6 Å². The molecule has 0 unspecified atom stereocenters. The van der Waals surface area contributed by atoms with E-state index in [-0.39, 0.29) is 11.8 Å². The van der Waals surface area contributed by atoms with Gasteiger partial charge in [-0.2, -0.15) is 0 Å². The van der Waals surface area contributed by atoms with Crippen molar-refractivity contribution in [3.05, 3.63) is 11.6 Å². The maximum Gasteiger partial charge on any atom is 0.256 e. The van der Waals surface area contributed by atoms with E-state index >= 15 is 0 Å². The van der Waals surface area contributed by atoms with Crippen molar-refractivity contribution in [3.8, 4) is 0 Å². The second kappa shape index (κ2) is 9.60. The van der Waals surface area contributed by atoms with Gasteiger partial charge >= 0.3 is 0 Å². The SMILES string of the molecule is CC1=CC(=O)N(CCNCCNCCNCCN)C1=O. The molecule has 0 fully saturated rings. The van der Waals surface area contributed by atoms with E-state index in [1.165, 1.54) is 11.0 Å². The molecule has 7 nitrogen and oxygen atoms in total. The Kier molecular flexibility index (Phi) is 8.05. The molecule has 1 aliphatic heterocycles. The predicted octanol–water partition coefficient (Wildman–Crippen LogP) is -1.97. The van der Waals surface area contributed by atoms with Crippen molar-refractivity contribution >= 4 is 11.8 Å². The highest BCUT2D eigenvalue weighted by Gasteiger charge is 2.27. The van der Waals surface area contributed by atoms with Crippen LogP contribution in [0.1, 0.15) is 6.92 Å². The minimum Gasteiger partial charge on any atom is -0.329 e. The summed E-state index contributed by atoms with van der Waals surface area (Å²) in [6, 6.07) is 0. The minimum atomic E-state index is -0.210. The first-order valence-corrected chi connectivity index (χ1v) is 7.03. The Bertz CT molecular complexity index is 357. The zero-order valence-corrected chi connectivity index (χ0v) is 12.1. The summed E-state index contributed by atoms with van der Waals surface area (Å²) in [6.45, 7) is 7.65. The van der Waals surface area contributed by atoms with E-state index in [0.717, 1.165) is 32.7 Å². The summed E-state index contributed by atoms with van der Waals surface area (Å²) in [5.74, 6) is -0.390. The topological polar surface area (TPSA) is 99.5 Å². The number of carbonyl (C=O) groups excluding carboxylic acids is 2. The lowest BCUT2D eigenvalue weighted by molar-refractivity contribution is -0.137. The van der Waals surface area contributed by atoms with Crippen LogP contribution in [0.3, 0.4) is 0 Å². The third kappa shape index (κ3) is 5.79. The number of hydrogen-bond acceptors (Lipinski definition) is 6. The van der Waals surface area contributed by atoms with Crippen LogP contribution in [-0.2, 0) is 9.59 Å². The van der Waals surface area contributed by atoms with Crippen molar-refractivity contribution in [1.82, 2.24) is 20.9 Å². The van der Waals surface area contributed by atoms with Gasteiger partial charge in [0.05, 0.1) is 0 Å². The summed E-state index contributed by atoms with van der Waals surface area (Å²) in [6.07, 6.45) is 1.39. The molecule has 7 heteroatoms. The van der Waals surface area contributed by atoms with E-state index in [9.17, 15) is 9.59 Å². The van der Waals surface area contributed by atoms with Gasteiger partial charge in [-0.05, 0) is 6.92 Å². The third-order valence-electron chi connectivity index (χ3n) is 2.98. The van der Waals surface area contributed by atoms with E-state index in [0.29, 0.717) is 25.2 Å². The van der Waals surface area contributed by atoms with E-state index < -0.39 is 0 Å². The van der Waals surface area contributed by atoms with Crippen LogP contribution in [0.2, 0.25) is 0 Å². The van der Waals surface area contributed by atoms with E-state index in [4.69, 9.17) is 5.73 Å². The molecule has 5 N–H and O–H groups in total. The molecule has 1 aliphatic rings. The van der Waals surface area contributed by atoms with Crippen molar-refractivity contribution in [1.29, 1.82) is 0 Å². The molecule has 2 amide bonds. The van der Waals surface area contributed by atoms with Gasteiger partial charge in [0.25, 0.3) is 11.8 Å². The molecular weight excluding hydrogens is 258 g/mol. The van der Waals surface area contributed by atoms with Gasteiger partial charge in [0.2, 0.25) is 0 Å². The van der Waals surface area contributed by atoms with Crippen LogP contribution in [-0.4, -0.2) is 69.1 Å². The van der Waals surface area contributed by atoms with Gasteiger partial charge in [-0.15, -0.1) is 0 Å². The predicted molar refractivity (Wildman–Crippen MR) is 78.1 cm³/mol. The molecule has 0 bridgehead atoms. The molecule has 0 radical (unpaired) electrons. The van der Waals surface area contributed by atoms with Gasteiger partial charge < -0.3 is 21.7 Å². The van der Waals surface area contributed by atoms with Crippen LogP contribution in [0.5, 0.6) is 0 Å². The average molecular weight is 283 g/mol. The second-order valence-corrected chi connectivity index (χ2v) is 4.66. The number of nitrogens with two attached hydrogens (primary N) is 1. The first-order valence-electron chi connectivity index (χ1n) is 7.03. The number of nitrogens with zero attached hydrogens (tertiary/aromatic N) is 1. The van der Waals surface area contributed by atoms with E-state index in [1.54, 1.807) is 6.92 Å². The number of amides is 2. The maximum atomic E-state index is 11.6. The molecule has 0 spiro atoms. The first-order chi connectivity index (χ1) is 9.66. The quantitative estimate of drug-likeness (QED) is 0.259. The molecule has 0 aromatic carbocycles. The Labute approximate surface area is 119 Å². The van der Waals surface area contributed by atoms with Crippen LogP contribution in [0, 0.1) is 0 Å². The summed E-state index contributed by atoms with van der Waals surface area (Å²) < 4.78 is 0. The summed E-state index contributed by atoms with van der Waals surface area (Å²) in [5, 5.41) is 9.66. The molecule has 0 saturated heterocycles. The van der Waals surface area contributed by atoms with Crippen molar-refractivity contribution in [2.45, 2.75) is 6.92 Å². The van der Waals surface area contributed by atoms with Crippen molar-refractivity contribution in [2.75, 3.05) is 52.4 Å². The largest absolute Gasteiger partial charge is 0.329 e. The molecule has 1 rings (SSSR count). The molecule has 0 atom stereocenters. The number of imide groups is 1. The third-order valence-corrected chi connectivity index (χ3v) is 2.98. The zero-order chi connectivity index (χ0) is 14.8. The fourth-order valence-electron chi connectivity index (χ4n) is 1.87. The summed E-state index contributed by atoms with van der Waals surface area (Å²) in [7, 11) is 0. The molecule has 0 aromatic heterocycles. The number of nitrogens with one attached hydrogen (secondary N) is 3. The van der Waals surface area contributed by atoms with Crippen molar-refractivity contribution in [3.63, 3.8) is 0 Å². The fraction of sp³-hybridized carbons (Fsp3) is 0.692. The monoisotopic (exact) mass is 283 g/mol. The maximum absolute atomic E-state index is 11.6. The molecule has 0 saturated carbocycles. The highest BCUT2D eigenvalue weighted by molar-refractivity contribution is 6.15. The smallest absolute Gasteiger partial charge is 0.256 e. The lowest BCUT2D eigenvalue weighted by Crippen LogP contribution is -2.39. The lowest BCUT2D eigenvalue weighted by Gasteiger charge is -2.14. The molecule has 0 aliphatic carbocycles. The van der Waals surface area contributed by atoms with E-state index in [1.807, 2.05) is 0 Å². The number of hydrogen-bond donors (Lipinski definition) is 4. The lowest BCUT2D eigenvalue weighted by atomic mass is 10.3. The fourth-order valence-corrected chi connectivity index (χ4v) is 1.87. The Morgan fingerprint density at radius 2 is 1.55 bits per heavy atom. The molecule has 0 aromatic rings. The van der Waals surface area contributed by atoms with Gasteiger partial charge in [0, 0.05) is 64.0 Å². The van der Waals surface area contributed by atoms with Gasteiger partial charge in [-0.1, -0.05) is 0 Å². The van der Waals surface area contributed by atoms with E-state index in [2.05, 4.69) is 16.0 Å². The van der Waals surface area contributed by atoms with Crippen molar-refractivity contribution in [2.24, 2.45) is 5.73 Å². The first kappa shape index (κ1) is 16.8. The van der Waals surface area contributed by atoms with Gasteiger partial charge in [0.15, 0.2) is 0 Å². The Hall–Kier alpha value is -1.28.